The predicted octanol–water partition coefficient (Wildman–Crippen LogP) is 2.79. The van der Waals surface area contributed by atoms with Crippen LogP contribution < -0.4 is 11.5 Å². The maximum Gasteiger partial charge on any atom is 0.119 e. The number of phenolic OH excluding ortho intramolecular Hbond substituents is 1. The number of rotatable bonds is 4. The molecule has 0 amide bonds. The van der Waals surface area contributed by atoms with Gasteiger partial charge in [-0.05, 0) is 42.9 Å². The summed E-state index contributed by atoms with van der Waals surface area (Å²) in [5.41, 5.74) is 14.6. The van der Waals surface area contributed by atoms with Gasteiger partial charge in [-0.1, -0.05) is 38.8 Å². The van der Waals surface area contributed by atoms with Crippen LogP contribution in [0.1, 0.15) is 57.1 Å². The monoisotopic (exact) mass is 262 g/mol. The maximum absolute atomic E-state index is 10.1. The summed E-state index contributed by atoms with van der Waals surface area (Å²) in [5.74, 6) is 0.363. The quantitative estimate of drug-likeness (QED) is 0.781. The Morgan fingerprint density at radius 3 is 2.47 bits per heavy atom. The molecule has 3 nitrogen and oxygen atoms in total. The number of phenols is 1. The van der Waals surface area contributed by atoms with Gasteiger partial charge in [0.1, 0.15) is 5.75 Å². The Hall–Kier alpha value is -1.06. The van der Waals surface area contributed by atoms with Crippen LogP contribution in [0.4, 0.5) is 0 Å². The zero-order valence-corrected chi connectivity index (χ0v) is 12.1. The van der Waals surface area contributed by atoms with Gasteiger partial charge >= 0.3 is 0 Å². The van der Waals surface area contributed by atoms with Gasteiger partial charge in [-0.25, -0.2) is 0 Å². The largest absolute Gasteiger partial charge is 0.508 e. The van der Waals surface area contributed by atoms with Crippen molar-refractivity contribution in [2.24, 2.45) is 11.5 Å². The molecule has 106 valence electrons. The molecule has 0 saturated carbocycles. The summed E-state index contributed by atoms with van der Waals surface area (Å²) >= 11 is 0. The van der Waals surface area contributed by atoms with E-state index in [1.54, 1.807) is 6.07 Å². The summed E-state index contributed by atoms with van der Waals surface area (Å²) in [4.78, 5) is 0. The average Bonchev–Trinajstić information content (AvgIpc) is 2.36. The zero-order chi connectivity index (χ0) is 14.1. The van der Waals surface area contributed by atoms with E-state index < -0.39 is 5.54 Å². The standard InChI is InChI=1S/C16H26N2O/c1-3-9-15(17)11-8-12-13(6-5-7-14(12)19)16(15,18)10-4-2/h5-7,19H,3-4,8-11,17-18H2,1-2H3. The molecule has 2 rings (SSSR count). The van der Waals surface area contributed by atoms with Crippen molar-refractivity contribution in [3.63, 3.8) is 0 Å². The molecular weight excluding hydrogens is 236 g/mol. The fourth-order valence-electron chi connectivity index (χ4n) is 3.67. The molecule has 1 aliphatic rings. The first kappa shape index (κ1) is 14.4. The lowest BCUT2D eigenvalue weighted by atomic mass is 9.61. The molecular formula is C16H26N2O. The molecule has 3 heteroatoms. The van der Waals surface area contributed by atoms with E-state index in [9.17, 15) is 5.11 Å². The highest BCUT2D eigenvalue weighted by Crippen LogP contribution is 2.46. The number of benzene rings is 1. The summed E-state index contributed by atoms with van der Waals surface area (Å²) in [6.45, 7) is 4.29. The van der Waals surface area contributed by atoms with E-state index in [0.717, 1.165) is 49.7 Å². The predicted molar refractivity (Wildman–Crippen MR) is 79.0 cm³/mol. The van der Waals surface area contributed by atoms with Gasteiger partial charge in [0.2, 0.25) is 0 Å². The van der Waals surface area contributed by atoms with Gasteiger partial charge in [0.25, 0.3) is 0 Å². The lowest BCUT2D eigenvalue weighted by molar-refractivity contribution is 0.159. The van der Waals surface area contributed by atoms with Crippen LogP contribution in [0.5, 0.6) is 5.75 Å². The number of nitrogens with two attached hydrogens (primary N) is 2. The fourth-order valence-corrected chi connectivity index (χ4v) is 3.67. The molecule has 0 fully saturated rings. The van der Waals surface area contributed by atoms with Gasteiger partial charge in [-0.15, -0.1) is 0 Å². The minimum absolute atomic E-state index is 0.363. The topological polar surface area (TPSA) is 72.3 Å². The summed E-state index contributed by atoms with van der Waals surface area (Å²) in [7, 11) is 0. The number of fused-ring (bicyclic) bond motifs is 1. The van der Waals surface area contributed by atoms with E-state index in [4.69, 9.17) is 11.5 Å². The van der Waals surface area contributed by atoms with Crippen LogP contribution in [0, 0.1) is 0 Å². The van der Waals surface area contributed by atoms with Crippen molar-refractivity contribution in [2.45, 2.75) is 63.5 Å². The number of hydrogen-bond acceptors (Lipinski definition) is 3. The molecule has 19 heavy (non-hydrogen) atoms. The Balaban J connectivity index is 2.56. The van der Waals surface area contributed by atoms with Crippen molar-refractivity contribution in [2.75, 3.05) is 0 Å². The molecule has 1 aromatic rings. The molecule has 1 aliphatic carbocycles. The second kappa shape index (κ2) is 5.14. The molecule has 2 unspecified atom stereocenters. The van der Waals surface area contributed by atoms with Gasteiger partial charge in [-0.3, -0.25) is 0 Å². The molecule has 0 spiro atoms. The second-order valence-corrected chi connectivity index (χ2v) is 5.93. The zero-order valence-electron chi connectivity index (χ0n) is 12.1. The first-order valence-electron chi connectivity index (χ1n) is 7.37. The molecule has 0 heterocycles. The van der Waals surface area contributed by atoms with E-state index >= 15 is 0 Å². The number of aromatic hydroxyl groups is 1. The van der Waals surface area contributed by atoms with E-state index in [1.807, 2.05) is 12.1 Å². The Labute approximate surface area is 116 Å². The Bertz CT molecular complexity index is 460. The third-order valence-electron chi connectivity index (χ3n) is 4.68. The molecule has 1 aromatic carbocycles. The molecule has 5 N–H and O–H groups in total. The van der Waals surface area contributed by atoms with Crippen LogP contribution in [0.25, 0.3) is 0 Å². The smallest absolute Gasteiger partial charge is 0.119 e. The molecule has 0 radical (unpaired) electrons. The molecule has 0 saturated heterocycles. The average molecular weight is 262 g/mol. The minimum Gasteiger partial charge on any atom is -0.508 e. The maximum atomic E-state index is 10.1. The van der Waals surface area contributed by atoms with Crippen molar-refractivity contribution in [1.82, 2.24) is 0 Å². The van der Waals surface area contributed by atoms with Crippen molar-refractivity contribution >= 4 is 0 Å². The van der Waals surface area contributed by atoms with Gasteiger partial charge in [0.05, 0.1) is 5.54 Å². The van der Waals surface area contributed by atoms with E-state index in [-0.39, 0.29) is 5.54 Å². The fraction of sp³-hybridized carbons (Fsp3) is 0.625. The lowest BCUT2D eigenvalue weighted by Crippen LogP contribution is -2.65. The summed E-state index contributed by atoms with van der Waals surface area (Å²) < 4.78 is 0. The summed E-state index contributed by atoms with van der Waals surface area (Å²) in [6, 6.07) is 5.67. The van der Waals surface area contributed by atoms with Crippen LogP contribution in [-0.4, -0.2) is 10.6 Å². The summed E-state index contributed by atoms with van der Waals surface area (Å²) in [5, 5.41) is 10.1. The van der Waals surface area contributed by atoms with Crippen LogP contribution in [0.3, 0.4) is 0 Å². The van der Waals surface area contributed by atoms with Crippen LogP contribution >= 0.6 is 0 Å². The van der Waals surface area contributed by atoms with Gasteiger partial charge < -0.3 is 16.6 Å². The van der Waals surface area contributed by atoms with E-state index in [2.05, 4.69) is 13.8 Å². The van der Waals surface area contributed by atoms with Gasteiger partial charge in [-0.2, -0.15) is 0 Å². The number of hydrogen-bond donors (Lipinski definition) is 3. The Kier molecular flexibility index (Phi) is 3.88. The highest BCUT2D eigenvalue weighted by atomic mass is 16.3. The molecule has 0 bridgehead atoms. The van der Waals surface area contributed by atoms with Crippen LogP contribution in [0.2, 0.25) is 0 Å². The SMILES string of the molecule is CCCC1(N)CCc2c(O)cccc2C1(N)CCC. The van der Waals surface area contributed by atoms with Crippen LogP contribution in [-0.2, 0) is 12.0 Å². The second-order valence-electron chi connectivity index (χ2n) is 5.93. The molecule has 0 aliphatic heterocycles. The molecule has 0 aromatic heterocycles. The van der Waals surface area contributed by atoms with Crippen LogP contribution in [0.15, 0.2) is 18.2 Å². The minimum atomic E-state index is -0.524. The highest BCUT2D eigenvalue weighted by molar-refractivity contribution is 5.47. The van der Waals surface area contributed by atoms with Gasteiger partial charge in [0, 0.05) is 5.54 Å². The van der Waals surface area contributed by atoms with E-state index in [1.165, 1.54) is 0 Å². The lowest BCUT2D eigenvalue weighted by Gasteiger charge is -2.51. The third-order valence-corrected chi connectivity index (χ3v) is 4.68. The summed E-state index contributed by atoms with van der Waals surface area (Å²) in [6.07, 6.45) is 5.49. The van der Waals surface area contributed by atoms with Crippen molar-refractivity contribution < 1.29 is 5.11 Å². The Morgan fingerprint density at radius 2 is 1.84 bits per heavy atom. The normalized spacial score (nSPS) is 30.1. The van der Waals surface area contributed by atoms with Gasteiger partial charge in [0.15, 0.2) is 0 Å². The van der Waals surface area contributed by atoms with E-state index in [0.29, 0.717) is 5.75 Å². The molecule has 2 atom stereocenters. The first-order chi connectivity index (χ1) is 8.98. The third kappa shape index (κ3) is 2.15. The first-order valence-corrected chi connectivity index (χ1v) is 7.37. The van der Waals surface area contributed by atoms with Crippen molar-refractivity contribution in [1.29, 1.82) is 0 Å². The van der Waals surface area contributed by atoms with Crippen molar-refractivity contribution in [3.05, 3.63) is 29.3 Å². The van der Waals surface area contributed by atoms with Crippen molar-refractivity contribution in [3.8, 4) is 5.75 Å². The Morgan fingerprint density at radius 1 is 1.16 bits per heavy atom. The highest BCUT2D eigenvalue weighted by Gasteiger charge is 2.49.